The van der Waals surface area contributed by atoms with E-state index in [4.69, 9.17) is 4.99 Å². The number of aliphatic hydroxyl groups excluding tert-OH is 1. The number of nitrogens with zero attached hydrogens (tertiary/aromatic N) is 1. The normalized spacial score (nSPS) is 26.3. The summed E-state index contributed by atoms with van der Waals surface area (Å²) in [4.78, 5) is 19.2. The summed E-state index contributed by atoms with van der Waals surface area (Å²) in [5.74, 6) is -0.567. The molecule has 4 N–H and O–H groups in total. The van der Waals surface area contributed by atoms with E-state index >= 15 is 0 Å². The Balaban J connectivity index is 1.14. The van der Waals surface area contributed by atoms with Crippen molar-refractivity contribution in [2.75, 3.05) is 16.0 Å². The second kappa shape index (κ2) is 8.81. The number of nitrogens with one attached hydrogen (secondary N) is 3. The lowest BCUT2D eigenvalue weighted by molar-refractivity contribution is -0.121. The van der Waals surface area contributed by atoms with Gasteiger partial charge >= 0.3 is 0 Å². The van der Waals surface area contributed by atoms with Crippen molar-refractivity contribution in [2.24, 2.45) is 4.99 Å². The second-order valence-corrected chi connectivity index (χ2v) is 13.2. The van der Waals surface area contributed by atoms with Crippen LogP contribution in [0.1, 0.15) is 75.7 Å². The summed E-state index contributed by atoms with van der Waals surface area (Å²) < 4.78 is 0. The molecule has 2 unspecified atom stereocenters. The van der Waals surface area contributed by atoms with E-state index in [1.165, 1.54) is 38.5 Å². The number of benzene rings is 4. The highest BCUT2D eigenvalue weighted by molar-refractivity contribution is 6.29. The Morgan fingerprint density at radius 1 is 0.690 bits per heavy atom. The minimum absolute atomic E-state index is 0.00819. The van der Waals surface area contributed by atoms with Crippen LogP contribution in [-0.4, -0.2) is 28.3 Å². The third-order valence-corrected chi connectivity index (χ3v) is 10.7. The molecule has 9 rings (SSSR count). The molecule has 0 aromatic heterocycles. The molecule has 6 nitrogen and oxygen atoms in total. The maximum Gasteiger partial charge on any atom is 0.172 e. The van der Waals surface area contributed by atoms with Gasteiger partial charge in [-0.25, -0.2) is 0 Å². The predicted octanol–water partition coefficient (Wildman–Crippen LogP) is 6.07. The number of carbonyl (C=O) groups excluding carboxylic acids is 1. The lowest BCUT2D eigenvalue weighted by Crippen LogP contribution is -2.49. The van der Waals surface area contributed by atoms with Crippen molar-refractivity contribution in [3.8, 4) is 0 Å². The third-order valence-electron chi connectivity index (χ3n) is 10.7. The van der Waals surface area contributed by atoms with Crippen LogP contribution in [0, 0.1) is 0 Å². The Hall–Kier alpha value is -3.90. The topological polar surface area (TPSA) is 85.8 Å². The smallest absolute Gasteiger partial charge is 0.172 e. The van der Waals surface area contributed by atoms with Crippen LogP contribution < -0.4 is 26.5 Å². The lowest BCUT2D eigenvalue weighted by atomic mass is 9.69. The second-order valence-electron chi connectivity index (χ2n) is 13.2. The summed E-state index contributed by atoms with van der Waals surface area (Å²) in [6.07, 6.45) is 10.8. The highest BCUT2D eigenvalue weighted by atomic mass is 16.3. The van der Waals surface area contributed by atoms with Gasteiger partial charge in [0.15, 0.2) is 5.78 Å². The fourth-order valence-electron chi connectivity index (χ4n) is 8.69. The molecule has 0 radical (unpaired) electrons. The van der Waals surface area contributed by atoms with Crippen molar-refractivity contribution in [3.05, 3.63) is 76.8 Å². The molecule has 5 aliphatic rings. The maximum atomic E-state index is 14.0. The Morgan fingerprint density at radius 2 is 1.36 bits per heavy atom. The monoisotopic (exact) mass is 556 g/mol. The van der Waals surface area contributed by atoms with E-state index in [2.05, 4.69) is 70.5 Å². The van der Waals surface area contributed by atoms with Gasteiger partial charge in [-0.05, 0) is 97.2 Å². The number of carbonyl (C=O) groups is 1. The van der Waals surface area contributed by atoms with Crippen molar-refractivity contribution < 1.29 is 9.90 Å². The van der Waals surface area contributed by atoms with Gasteiger partial charge in [-0.2, -0.15) is 0 Å². The van der Waals surface area contributed by atoms with Gasteiger partial charge in [0.05, 0.1) is 17.4 Å². The maximum absolute atomic E-state index is 14.0. The molecular formula is C36H36N4O2. The Morgan fingerprint density at radius 3 is 2.10 bits per heavy atom. The van der Waals surface area contributed by atoms with Gasteiger partial charge < -0.3 is 21.1 Å². The molecule has 42 heavy (non-hydrogen) atoms. The van der Waals surface area contributed by atoms with Crippen LogP contribution >= 0.6 is 0 Å². The average molecular weight is 557 g/mol. The summed E-state index contributed by atoms with van der Waals surface area (Å²) in [7, 11) is 0. The first-order valence-electron chi connectivity index (χ1n) is 15.8. The first-order chi connectivity index (χ1) is 20.5. The van der Waals surface area contributed by atoms with E-state index in [-0.39, 0.29) is 17.1 Å². The summed E-state index contributed by atoms with van der Waals surface area (Å²) in [5, 5.41) is 29.1. The highest BCUT2D eigenvalue weighted by Crippen LogP contribution is 2.48. The van der Waals surface area contributed by atoms with Crippen molar-refractivity contribution >= 4 is 50.0 Å². The van der Waals surface area contributed by atoms with Gasteiger partial charge in [0, 0.05) is 33.4 Å². The van der Waals surface area contributed by atoms with Crippen molar-refractivity contribution in [3.63, 3.8) is 0 Å². The molecule has 212 valence electrons. The largest absolute Gasteiger partial charge is 0.387 e. The van der Waals surface area contributed by atoms with E-state index in [0.717, 1.165) is 80.4 Å². The van der Waals surface area contributed by atoms with Crippen LogP contribution in [0.2, 0.25) is 0 Å². The standard InChI is InChI=1S/C36H36N4O2/c41-33-31(23-13-15-27-29-21(23)9-7-11-25(29)37-35(39-27)17-3-1-4-18-35)34(42)32(33)24-14-16-28-30-22(24)10-8-12-26(30)38-36(40-28)19-5-2-6-20-36/h7-16,31,33,37-39,41H,1-6,17-20H2. The number of hydrogen-bond donors (Lipinski definition) is 4. The lowest BCUT2D eigenvalue weighted by Gasteiger charge is -2.44. The molecule has 4 aromatic rings. The Labute approximate surface area is 244 Å². The minimum atomic E-state index is -0.862. The Kier molecular flexibility index (Phi) is 5.17. The van der Waals surface area contributed by atoms with Crippen molar-refractivity contribution in [1.82, 2.24) is 0 Å². The van der Waals surface area contributed by atoms with E-state index in [0.29, 0.717) is 5.57 Å². The molecule has 0 amide bonds. The molecule has 0 bridgehead atoms. The first kappa shape index (κ1) is 24.7. The van der Waals surface area contributed by atoms with Crippen molar-refractivity contribution in [1.29, 1.82) is 0 Å². The molecule has 2 aliphatic heterocycles. The molecule has 2 atom stereocenters. The number of ketones is 1. The number of aliphatic hydroxyl groups is 1. The summed E-state index contributed by atoms with van der Waals surface area (Å²) in [6, 6.07) is 20.8. The number of rotatable bonds is 1. The molecule has 4 aromatic carbocycles. The average Bonchev–Trinajstić information content (AvgIpc) is 3.00. The van der Waals surface area contributed by atoms with Crippen LogP contribution in [0.4, 0.5) is 17.1 Å². The predicted molar refractivity (Wildman–Crippen MR) is 168 cm³/mol. The van der Waals surface area contributed by atoms with Gasteiger partial charge in [0.25, 0.3) is 0 Å². The minimum Gasteiger partial charge on any atom is -0.387 e. The van der Waals surface area contributed by atoms with Gasteiger partial charge in [-0.3, -0.25) is 9.79 Å². The fourth-order valence-corrected chi connectivity index (χ4v) is 8.69. The molecular weight excluding hydrogens is 520 g/mol. The van der Waals surface area contributed by atoms with Crippen LogP contribution in [0.25, 0.3) is 27.1 Å². The quantitative estimate of drug-likeness (QED) is 0.229. The van der Waals surface area contributed by atoms with Gasteiger partial charge in [0.1, 0.15) is 11.3 Å². The van der Waals surface area contributed by atoms with Gasteiger partial charge in [-0.15, -0.1) is 0 Å². The fraction of sp³-hybridized carbons (Fsp3) is 0.389. The van der Waals surface area contributed by atoms with Crippen molar-refractivity contribution in [2.45, 2.75) is 87.6 Å². The molecule has 2 spiro atoms. The van der Waals surface area contributed by atoms with E-state index in [1.54, 1.807) is 0 Å². The zero-order valence-corrected chi connectivity index (χ0v) is 23.8. The zero-order chi connectivity index (χ0) is 28.1. The number of hydrogen-bond acceptors (Lipinski definition) is 6. The number of anilines is 3. The molecule has 2 heterocycles. The van der Waals surface area contributed by atoms with Gasteiger partial charge in [0.2, 0.25) is 0 Å². The molecule has 0 saturated heterocycles. The number of Topliss-reactive ketones (excluding diaryl/α,β-unsaturated/α-hetero) is 1. The van der Waals surface area contributed by atoms with E-state index < -0.39 is 12.0 Å². The SMILES string of the molecule is O=C1C(=c2ccc3c4c(cccc24)NC2(CCCCC2)N=3)C(O)C1c1ccc2c3c(cccc13)NC1(CCCCC1)N2. The van der Waals surface area contributed by atoms with E-state index in [1.807, 2.05) is 6.07 Å². The summed E-state index contributed by atoms with van der Waals surface area (Å²) in [6.45, 7) is 0. The molecule has 3 saturated carbocycles. The van der Waals surface area contributed by atoms with E-state index in [9.17, 15) is 9.90 Å². The first-order valence-corrected chi connectivity index (χ1v) is 15.8. The molecule has 6 heteroatoms. The highest BCUT2D eigenvalue weighted by Gasteiger charge is 2.47. The zero-order valence-electron chi connectivity index (χ0n) is 23.8. The third kappa shape index (κ3) is 3.42. The molecule has 3 aliphatic carbocycles. The van der Waals surface area contributed by atoms with Crippen LogP contribution in [0.15, 0.2) is 65.7 Å². The van der Waals surface area contributed by atoms with Gasteiger partial charge in [-0.1, -0.05) is 49.2 Å². The van der Waals surface area contributed by atoms with Crippen LogP contribution in [-0.2, 0) is 4.79 Å². The Bertz CT molecular complexity index is 1920. The summed E-state index contributed by atoms with van der Waals surface area (Å²) >= 11 is 0. The summed E-state index contributed by atoms with van der Waals surface area (Å²) in [5.41, 5.74) is 4.41. The molecule has 3 fully saturated rings. The van der Waals surface area contributed by atoms with Crippen LogP contribution in [0.5, 0.6) is 0 Å². The van der Waals surface area contributed by atoms with Crippen LogP contribution in [0.3, 0.4) is 0 Å².